The summed E-state index contributed by atoms with van der Waals surface area (Å²) in [6.07, 6.45) is 0. The second-order valence-electron chi connectivity index (χ2n) is 5.71. The molecule has 26 heavy (non-hydrogen) atoms. The molecule has 8 heteroatoms. The Morgan fingerprint density at radius 3 is 2.38 bits per heavy atom. The van der Waals surface area contributed by atoms with Crippen molar-refractivity contribution >= 4 is 23.6 Å². The molecule has 0 saturated heterocycles. The molecule has 0 fully saturated rings. The predicted octanol–water partition coefficient (Wildman–Crippen LogP) is 2.23. The van der Waals surface area contributed by atoms with E-state index in [9.17, 15) is 14.4 Å². The summed E-state index contributed by atoms with van der Waals surface area (Å²) >= 11 is 0. The summed E-state index contributed by atoms with van der Waals surface area (Å²) in [5.41, 5.74) is 8.33. The minimum Gasteiger partial charge on any atom is -0.462 e. The van der Waals surface area contributed by atoms with Crippen LogP contribution in [0.1, 0.15) is 44.6 Å². The van der Waals surface area contributed by atoms with Crippen LogP contribution in [-0.4, -0.2) is 29.5 Å². The number of aromatic nitrogens is 1. The largest absolute Gasteiger partial charge is 0.462 e. The monoisotopic (exact) mass is 358 g/mol. The van der Waals surface area contributed by atoms with E-state index in [1.165, 1.54) is 0 Å². The number of aromatic amines is 1. The van der Waals surface area contributed by atoms with Crippen LogP contribution in [0.3, 0.4) is 0 Å². The first kappa shape index (κ1) is 19.0. The number of anilines is 1. The number of nitrogens with two attached hydrogens (primary N) is 1. The molecule has 0 radical (unpaired) electrons. The van der Waals surface area contributed by atoms with Crippen LogP contribution in [0.15, 0.2) is 24.3 Å². The fourth-order valence-electron chi connectivity index (χ4n) is 2.61. The average Bonchev–Trinajstić information content (AvgIpc) is 2.88. The molecule has 138 valence electrons. The molecule has 0 aliphatic heterocycles. The van der Waals surface area contributed by atoms with Gasteiger partial charge in [0.25, 0.3) is 5.91 Å². The maximum absolute atomic E-state index is 12.4. The minimum atomic E-state index is -0.638. The molecule has 0 spiro atoms. The van der Waals surface area contributed by atoms with Crippen LogP contribution in [0.25, 0.3) is 0 Å². The highest BCUT2D eigenvalue weighted by Gasteiger charge is 2.22. The molecule has 0 aliphatic carbocycles. The first-order chi connectivity index (χ1) is 12.3. The third-order valence-corrected chi connectivity index (χ3v) is 3.82. The van der Waals surface area contributed by atoms with Crippen LogP contribution in [0.2, 0.25) is 0 Å². The summed E-state index contributed by atoms with van der Waals surface area (Å²) in [5.74, 6) is -0.768. The Balaban J connectivity index is 2.05. The molecular weight excluding hydrogens is 336 g/mol. The first-order valence-corrected chi connectivity index (χ1v) is 8.13. The van der Waals surface area contributed by atoms with E-state index in [1.807, 2.05) is 0 Å². The Bertz CT molecular complexity index is 824. The number of hydrogen-bond donors (Lipinski definition) is 4. The summed E-state index contributed by atoms with van der Waals surface area (Å²) < 4.78 is 5.02. The number of primary amides is 1. The molecule has 0 aliphatic rings. The fraction of sp³-hybridized carbons (Fsp3) is 0.278. The van der Waals surface area contributed by atoms with Gasteiger partial charge in [0.1, 0.15) is 5.69 Å². The van der Waals surface area contributed by atoms with E-state index >= 15 is 0 Å². The van der Waals surface area contributed by atoms with Gasteiger partial charge in [0, 0.05) is 17.9 Å². The summed E-state index contributed by atoms with van der Waals surface area (Å²) in [7, 11) is 0. The number of nitrogens with one attached hydrogen (secondary N) is 3. The average molecular weight is 358 g/mol. The highest BCUT2D eigenvalue weighted by atomic mass is 16.5. The van der Waals surface area contributed by atoms with Crippen molar-refractivity contribution in [1.82, 2.24) is 10.3 Å². The molecule has 3 amide bonds. The minimum absolute atomic E-state index is 0.269. The lowest BCUT2D eigenvalue weighted by atomic mass is 10.1. The van der Waals surface area contributed by atoms with E-state index in [0.29, 0.717) is 34.7 Å². The Kier molecular flexibility index (Phi) is 6.00. The van der Waals surface area contributed by atoms with Gasteiger partial charge in [-0.15, -0.1) is 0 Å². The fourth-order valence-corrected chi connectivity index (χ4v) is 2.61. The van der Waals surface area contributed by atoms with Gasteiger partial charge in [0.15, 0.2) is 0 Å². The Morgan fingerprint density at radius 1 is 1.15 bits per heavy atom. The molecule has 1 heterocycles. The number of aryl methyl sites for hydroxylation is 1. The maximum atomic E-state index is 12.4. The zero-order chi connectivity index (χ0) is 19.3. The van der Waals surface area contributed by atoms with Crippen molar-refractivity contribution in [2.75, 3.05) is 11.9 Å². The Morgan fingerprint density at radius 2 is 1.81 bits per heavy atom. The maximum Gasteiger partial charge on any atom is 0.340 e. The van der Waals surface area contributed by atoms with E-state index in [1.54, 1.807) is 45.0 Å². The van der Waals surface area contributed by atoms with Gasteiger partial charge in [0.05, 0.1) is 12.2 Å². The zero-order valence-corrected chi connectivity index (χ0v) is 14.9. The molecular formula is C18H22N4O4. The van der Waals surface area contributed by atoms with E-state index in [-0.39, 0.29) is 12.5 Å². The molecule has 0 unspecified atom stereocenters. The van der Waals surface area contributed by atoms with Crippen molar-refractivity contribution in [3.8, 4) is 0 Å². The third kappa shape index (κ3) is 4.41. The second-order valence-corrected chi connectivity index (χ2v) is 5.71. The molecule has 5 N–H and O–H groups in total. The Labute approximate surface area is 151 Å². The van der Waals surface area contributed by atoms with Crippen LogP contribution in [0, 0.1) is 13.8 Å². The van der Waals surface area contributed by atoms with Crippen molar-refractivity contribution in [2.45, 2.75) is 27.3 Å². The summed E-state index contributed by atoms with van der Waals surface area (Å²) in [4.78, 5) is 38.2. The van der Waals surface area contributed by atoms with E-state index < -0.39 is 12.0 Å². The molecule has 0 saturated carbocycles. The number of rotatable bonds is 6. The summed E-state index contributed by atoms with van der Waals surface area (Å²) in [6, 6.07) is 6.27. The number of urea groups is 1. The van der Waals surface area contributed by atoms with Crippen molar-refractivity contribution in [3.63, 3.8) is 0 Å². The standard InChI is InChI=1S/C18H22N4O4/c1-4-26-17(24)14-10(2)15(21-11(14)3)16(23)20-9-12-5-7-13(8-6-12)22-18(19)25/h5-8,21H,4,9H2,1-3H3,(H,20,23)(H3,19,22,25). The van der Waals surface area contributed by atoms with E-state index in [2.05, 4.69) is 15.6 Å². The number of hydrogen-bond acceptors (Lipinski definition) is 4. The van der Waals surface area contributed by atoms with Gasteiger partial charge in [-0.25, -0.2) is 9.59 Å². The van der Waals surface area contributed by atoms with E-state index in [4.69, 9.17) is 10.5 Å². The first-order valence-electron chi connectivity index (χ1n) is 8.13. The van der Waals surface area contributed by atoms with Gasteiger partial charge in [-0.2, -0.15) is 0 Å². The van der Waals surface area contributed by atoms with Gasteiger partial charge in [0.2, 0.25) is 0 Å². The summed E-state index contributed by atoms with van der Waals surface area (Å²) in [6.45, 7) is 5.72. The molecule has 1 aromatic carbocycles. The smallest absolute Gasteiger partial charge is 0.340 e. The van der Waals surface area contributed by atoms with Crippen LogP contribution >= 0.6 is 0 Å². The second kappa shape index (κ2) is 8.19. The lowest BCUT2D eigenvalue weighted by Gasteiger charge is -2.07. The lowest BCUT2D eigenvalue weighted by molar-refractivity contribution is 0.0525. The topological polar surface area (TPSA) is 126 Å². The van der Waals surface area contributed by atoms with Crippen LogP contribution < -0.4 is 16.4 Å². The number of ether oxygens (including phenoxy) is 1. The Hall–Kier alpha value is -3.29. The molecule has 0 bridgehead atoms. The van der Waals surface area contributed by atoms with Crippen molar-refractivity contribution in [2.24, 2.45) is 5.73 Å². The van der Waals surface area contributed by atoms with Gasteiger partial charge < -0.3 is 26.1 Å². The SMILES string of the molecule is CCOC(=O)c1c(C)[nH]c(C(=O)NCc2ccc(NC(N)=O)cc2)c1C. The quantitative estimate of drug-likeness (QED) is 0.591. The highest BCUT2D eigenvalue weighted by molar-refractivity contribution is 6.00. The van der Waals surface area contributed by atoms with E-state index in [0.717, 1.165) is 5.56 Å². The van der Waals surface area contributed by atoms with Gasteiger partial charge in [-0.1, -0.05) is 12.1 Å². The zero-order valence-electron chi connectivity index (χ0n) is 14.9. The number of carbonyl (C=O) groups is 3. The molecule has 0 atom stereocenters. The number of benzene rings is 1. The van der Waals surface area contributed by atoms with Crippen molar-refractivity contribution < 1.29 is 19.1 Å². The third-order valence-electron chi connectivity index (χ3n) is 3.82. The van der Waals surface area contributed by atoms with Crippen LogP contribution in [0.4, 0.5) is 10.5 Å². The van der Waals surface area contributed by atoms with Crippen LogP contribution in [-0.2, 0) is 11.3 Å². The van der Waals surface area contributed by atoms with Gasteiger partial charge >= 0.3 is 12.0 Å². The normalized spacial score (nSPS) is 10.3. The van der Waals surface area contributed by atoms with Gasteiger partial charge in [-0.05, 0) is 44.0 Å². The number of carbonyl (C=O) groups excluding carboxylic acids is 3. The van der Waals surface area contributed by atoms with Crippen LogP contribution in [0.5, 0.6) is 0 Å². The number of H-pyrrole nitrogens is 1. The lowest BCUT2D eigenvalue weighted by Crippen LogP contribution is -2.24. The molecule has 8 nitrogen and oxygen atoms in total. The van der Waals surface area contributed by atoms with Gasteiger partial charge in [-0.3, -0.25) is 4.79 Å². The molecule has 1 aromatic heterocycles. The summed E-state index contributed by atoms with van der Waals surface area (Å²) in [5, 5.41) is 5.26. The number of esters is 1. The van der Waals surface area contributed by atoms with Crippen molar-refractivity contribution in [1.29, 1.82) is 0 Å². The number of amides is 3. The molecule has 2 rings (SSSR count). The molecule has 2 aromatic rings. The predicted molar refractivity (Wildman–Crippen MR) is 97.0 cm³/mol. The highest BCUT2D eigenvalue weighted by Crippen LogP contribution is 2.19. The van der Waals surface area contributed by atoms with Crippen molar-refractivity contribution in [3.05, 3.63) is 52.3 Å².